The third-order valence-electron chi connectivity index (χ3n) is 3.77. The molecular formula is C17H19N3O. The number of carbonyl (C=O) groups excluding carboxylic acids is 1. The van der Waals surface area contributed by atoms with Gasteiger partial charge in [-0.3, -0.25) is 14.7 Å². The molecule has 0 bridgehead atoms. The molecule has 1 aliphatic carbocycles. The third-order valence-corrected chi connectivity index (χ3v) is 3.77. The minimum Gasteiger partial charge on any atom is -0.376 e. The number of rotatable bonds is 5. The summed E-state index contributed by atoms with van der Waals surface area (Å²) >= 11 is 0. The summed E-state index contributed by atoms with van der Waals surface area (Å²) in [5.74, 6) is 0.623. The summed E-state index contributed by atoms with van der Waals surface area (Å²) in [5.41, 5.74) is 3.78. The van der Waals surface area contributed by atoms with Crippen LogP contribution in [0, 0.1) is 0 Å². The Hall–Kier alpha value is -2.36. The molecule has 1 amide bonds. The van der Waals surface area contributed by atoms with Gasteiger partial charge in [0.15, 0.2) is 0 Å². The van der Waals surface area contributed by atoms with Gasteiger partial charge in [0, 0.05) is 25.7 Å². The Morgan fingerprint density at radius 1 is 1.10 bits per heavy atom. The van der Waals surface area contributed by atoms with Gasteiger partial charge in [-0.05, 0) is 37.1 Å². The molecule has 2 aromatic rings. The number of anilines is 3. The van der Waals surface area contributed by atoms with Gasteiger partial charge < -0.3 is 4.90 Å². The van der Waals surface area contributed by atoms with Gasteiger partial charge in [-0.25, -0.2) is 0 Å². The van der Waals surface area contributed by atoms with E-state index < -0.39 is 0 Å². The topological polar surface area (TPSA) is 36.4 Å². The second-order valence-corrected chi connectivity index (χ2v) is 5.57. The van der Waals surface area contributed by atoms with Crippen molar-refractivity contribution < 1.29 is 4.79 Å². The Kier molecular flexibility index (Phi) is 3.60. The van der Waals surface area contributed by atoms with Crippen LogP contribution in [0.25, 0.3) is 0 Å². The molecule has 1 fully saturated rings. The van der Waals surface area contributed by atoms with E-state index in [1.54, 1.807) is 11.1 Å². The largest absolute Gasteiger partial charge is 0.376 e. The lowest BCUT2D eigenvalue weighted by atomic mass is 10.2. The Morgan fingerprint density at radius 3 is 2.33 bits per heavy atom. The highest BCUT2D eigenvalue weighted by atomic mass is 16.1. The smallest absolute Gasteiger partial charge is 0.218 e. The summed E-state index contributed by atoms with van der Waals surface area (Å²) in [4.78, 5) is 19.7. The molecule has 21 heavy (non-hydrogen) atoms. The van der Waals surface area contributed by atoms with Gasteiger partial charge in [-0.15, -0.1) is 0 Å². The Morgan fingerprint density at radius 2 is 1.81 bits per heavy atom. The van der Waals surface area contributed by atoms with Crippen molar-refractivity contribution in [2.75, 3.05) is 23.9 Å². The summed E-state index contributed by atoms with van der Waals surface area (Å²) < 4.78 is 0. The highest BCUT2D eigenvalue weighted by Gasteiger charge is 2.25. The van der Waals surface area contributed by atoms with E-state index in [1.807, 2.05) is 55.4 Å². The van der Waals surface area contributed by atoms with E-state index in [9.17, 15) is 4.79 Å². The summed E-state index contributed by atoms with van der Waals surface area (Å²) in [7, 11) is 3.94. The molecule has 1 heterocycles. The van der Waals surface area contributed by atoms with Crippen LogP contribution in [0.1, 0.15) is 24.5 Å². The second kappa shape index (κ2) is 5.56. The lowest BCUT2D eigenvalue weighted by Crippen LogP contribution is -2.19. The van der Waals surface area contributed by atoms with Crippen LogP contribution < -0.4 is 9.80 Å². The van der Waals surface area contributed by atoms with Crippen LogP contribution in [0.2, 0.25) is 0 Å². The molecule has 1 saturated carbocycles. The van der Waals surface area contributed by atoms with E-state index in [1.165, 1.54) is 12.8 Å². The molecule has 0 radical (unpaired) electrons. The number of amides is 1. The van der Waals surface area contributed by atoms with Gasteiger partial charge in [-0.2, -0.15) is 0 Å². The lowest BCUT2D eigenvalue weighted by Gasteiger charge is -2.24. The zero-order valence-corrected chi connectivity index (χ0v) is 12.4. The van der Waals surface area contributed by atoms with Crippen molar-refractivity contribution >= 4 is 23.5 Å². The van der Waals surface area contributed by atoms with E-state index in [-0.39, 0.29) is 0 Å². The fourth-order valence-electron chi connectivity index (χ4n) is 2.46. The Bertz CT molecular complexity index is 633. The molecule has 0 atom stereocenters. The molecule has 0 saturated heterocycles. The molecule has 0 N–H and O–H groups in total. The van der Waals surface area contributed by atoms with Crippen molar-refractivity contribution in [3.05, 3.63) is 48.3 Å². The number of hydrogen-bond donors (Lipinski definition) is 0. The first kappa shape index (κ1) is 13.6. The zero-order valence-electron chi connectivity index (χ0n) is 12.4. The van der Waals surface area contributed by atoms with Crippen LogP contribution in [0.15, 0.2) is 42.6 Å². The van der Waals surface area contributed by atoms with Crippen LogP contribution in [0.5, 0.6) is 0 Å². The quantitative estimate of drug-likeness (QED) is 0.789. The Labute approximate surface area is 125 Å². The summed E-state index contributed by atoms with van der Waals surface area (Å²) in [6.45, 7) is 0. The standard InChI is InChI=1S/C17H19N3O/c1-19(2)16-5-3-4-6-17(16)20(12-21)14-9-10-15(18-11-14)13-7-8-13/h3-6,9-13H,7-8H2,1-2H3. The zero-order chi connectivity index (χ0) is 14.8. The fourth-order valence-corrected chi connectivity index (χ4v) is 2.46. The predicted molar refractivity (Wildman–Crippen MR) is 85.2 cm³/mol. The molecule has 0 aliphatic heterocycles. The van der Waals surface area contributed by atoms with Crippen molar-refractivity contribution in [1.29, 1.82) is 0 Å². The van der Waals surface area contributed by atoms with Crippen molar-refractivity contribution in [1.82, 2.24) is 4.98 Å². The molecule has 4 heteroatoms. The molecule has 4 nitrogen and oxygen atoms in total. The van der Waals surface area contributed by atoms with Gasteiger partial charge in [0.25, 0.3) is 0 Å². The average Bonchev–Trinajstić information content (AvgIpc) is 3.34. The first-order valence-electron chi connectivity index (χ1n) is 7.17. The maximum atomic E-state index is 11.6. The monoisotopic (exact) mass is 281 g/mol. The summed E-state index contributed by atoms with van der Waals surface area (Å²) in [6.07, 6.45) is 5.09. The first-order chi connectivity index (χ1) is 10.2. The minimum atomic E-state index is 0.623. The molecule has 0 spiro atoms. The van der Waals surface area contributed by atoms with E-state index in [0.717, 1.165) is 29.2 Å². The minimum absolute atomic E-state index is 0.623. The van der Waals surface area contributed by atoms with E-state index in [4.69, 9.17) is 0 Å². The number of para-hydroxylation sites is 2. The van der Waals surface area contributed by atoms with Gasteiger partial charge in [0.05, 0.1) is 23.3 Å². The molecule has 3 rings (SSSR count). The van der Waals surface area contributed by atoms with E-state index in [0.29, 0.717) is 5.92 Å². The normalized spacial score (nSPS) is 13.8. The van der Waals surface area contributed by atoms with E-state index >= 15 is 0 Å². The average molecular weight is 281 g/mol. The third kappa shape index (κ3) is 2.75. The van der Waals surface area contributed by atoms with Crippen LogP contribution in [-0.4, -0.2) is 25.5 Å². The van der Waals surface area contributed by atoms with Crippen LogP contribution in [0.4, 0.5) is 17.1 Å². The van der Waals surface area contributed by atoms with Gasteiger partial charge in [0.1, 0.15) is 0 Å². The van der Waals surface area contributed by atoms with Crippen molar-refractivity contribution in [2.24, 2.45) is 0 Å². The molecule has 0 unspecified atom stereocenters. The number of benzene rings is 1. The van der Waals surface area contributed by atoms with Crippen molar-refractivity contribution in [3.8, 4) is 0 Å². The lowest BCUT2D eigenvalue weighted by molar-refractivity contribution is -0.106. The van der Waals surface area contributed by atoms with E-state index in [2.05, 4.69) is 4.98 Å². The number of carbonyl (C=O) groups is 1. The highest BCUT2D eigenvalue weighted by molar-refractivity contribution is 5.91. The fraction of sp³-hybridized carbons (Fsp3) is 0.294. The number of aromatic nitrogens is 1. The van der Waals surface area contributed by atoms with Crippen LogP contribution in [0.3, 0.4) is 0 Å². The molecule has 1 aliphatic rings. The number of pyridine rings is 1. The van der Waals surface area contributed by atoms with Gasteiger partial charge >= 0.3 is 0 Å². The molecule has 1 aromatic carbocycles. The highest BCUT2D eigenvalue weighted by Crippen LogP contribution is 2.39. The van der Waals surface area contributed by atoms with Gasteiger partial charge in [0.2, 0.25) is 6.41 Å². The van der Waals surface area contributed by atoms with Crippen molar-refractivity contribution in [3.63, 3.8) is 0 Å². The summed E-state index contributed by atoms with van der Waals surface area (Å²) in [6, 6.07) is 11.8. The molecule has 108 valence electrons. The first-order valence-corrected chi connectivity index (χ1v) is 7.17. The Balaban J connectivity index is 1.96. The molecule has 1 aromatic heterocycles. The second-order valence-electron chi connectivity index (χ2n) is 5.57. The van der Waals surface area contributed by atoms with Crippen LogP contribution in [-0.2, 0) is 4.79 Å². The van der Waals surface area contributed by atoms with Crippen LogP contribution >= 0.6 is 0 Å². The predicted octanol–water partition coefficient (Wildman–Crippen LogP) is 3.32. The maximum Gasteiger partial charge on any atom is 0.218 e. The SMILES string of the molecule is CN(C)c1ccccc1N(C=O)c1ccc(C2CC2)nc1. The van der Waals surface area contributed by atoms with Gasteiger partial charge in [-0.1, -0.05) is 12.1 Å². The molecular weight excluding hydrogens is 262 g/mol. The number of hydrogen-bond acceptors (Lipinski definition) is 3. The maximum absolute atomic E-state index is 11.6. The number of nitrogens with zero attached hydrogens (tertiary/aromatic N) is 3. The summed E-state index contributed by atoms with van der Waals surface area (Å²) in [5, 5.41) is 0. The van der Waals surface area contributed by atoms with Crippen molar-refractivity contribution in [2.45, 2.75) is 18.8 Å².